The zero-order valence-electron chi connectivity index (χ0n) is 12.6. The van der Waals surface area contributed by atoms with Crippen LogP contribution in [0.5, 0.6) is 5.75 Å². The van der Waals surface area contributed by atoms with Gasteiger partial charge in [0.05, 0.1) is 13.5 Å². The van der Waals surface area contributed by atoms with Crippen molar-refractivity contribution in [1.82, 2.24) is 5.32 Å². The zero-order valence-corrected chi connectivity index (χ0v) is 14.2. The molecule has 22 heavy (non-hydrogen) atoms. The van der Waals surface area contributed by atoms with Crippen molar-refractivity contribution in [2.24, 2.45) is 0 Å². The normalized spacial score (nSPS) is 10.3. The molecule has 3 nitrogen and oxygen atoms in total. The number of carbonyl (C=O) groups is 1. The minimum atomic E-state index is 0.0538. The molecule has 0 saturated heterocycles. The van der Waals surface area contributed by atoms with Gasteiger partial charge in [0, 0.05) is 11.0 Å². The van der Waals surface area contributed by atoms with Gasteiger partial charge in [0.2, 0.25) is 5.91 Å². The lowest BCUT2D eigenvalue weighted by Gasteiger charge is -2.09. The van der Waals surface area contributed by atoms with Crippen LogP contribution in [-0.2, 0) is 17.6 Å². The Bertz CT molecular complexity index is 628. The smallest absolute Gasteiger partial charge is 0.224 e. The van der Waals surface area contributed by atoms with Crippen LogP contribution >= 0.6 is 15.9 Å². The third kappa shape index (κ3) is 5.19. The van der Waals surface area contributed by atoms with Crippen molar-refractivity contribution in [2.45, 2.75) is 19.3 Å². The van der Waals surface area contributed by atoms with Gasteiger partial charge in [-0.05, 0) is 42.2 Å². The van der Waals surface area contributed by atoms with Gasteiger partial charge in [0.25, 0.3) is 0 Å². The van der Waals surface area contributed by atoms with E-state index in [9.17, 15) is 4.79 Å². The first-order chi connectivity index (χ1) is 10.7. The van der Waals surface area contributed by atoms with E-state index in [0.717, 1.165) is 28.6 Å². The largest absolute Gasteiger partial charge is 0.496 e. The predicted molar refractivity (Wildman–Crippen MR) is 92.2 cm³/mol. The number of para-hydroxylation sites is 1. The lowest BCUT2D eigenvalue weighted by atomic mass is 10.1. The van der Waals surface area contributed by atoms with E-state index in [4.69, 9.17) is 4.74 Å². The number of amides is 1. The Kier molecular flexibility index (Phi) is 6.46. The van der Waals surface area contributed by atoms with Crippen molar-refractivity contribution in [3.63, 3.8) is 0 Å². The van der Waals surface area contributed by atoms with Gasteiger partial charge in [-0.15, -0.1) is 0 Å². The van der Waals surface area contributed by atoms with Crippen LogP contribution in [-0.4, -0.2) is 19.6 Å². The third-order valence-electron chi connectivity index (χ3n) is 3.39. The number of halogens is 1. The number of nitrogens with one attached hydrogen (secondary N) is 1. The van der Waals surface area contributed by atoms with Crippen LogP contribution in [0.3, 0.4) is 0 Å². The van der Waals surface area contributed by atoms with E-state index in [2.05, 4.69) is 27.3 Å². The molecule has 2 rings (SSSR count). The molecular formula is C18H20BrNO2. The lowest BCUT2D eigenvalue weighted by Crippen LogP contribution is -2.26. The molecule has 0 aliphatic carbocycles. The van der Waals surface area contributed by atoms with E-state index in [-0.39, 0.29) is 5.91 Å². The Balaban J connectivity index is 1.73. The fourth-order valence-corrected chi connectivity index (χ4v) is 2.76. The molecule has 4 heteroatoms. The molecule has 0 heterocycles. The van der Waals surface area contributed by atoms with Gasteiger partial charge >= 0.3 is 0 Å². The van der Waals surface area contributed by atoms with E-state index in [0.29, 0.717) is 13.0 Å². The van der Waals surface area contributed by atoms with E-state index in [1.807, 2.05) is 42.5 Å². The number of aryl methyl sites for hydroxylation is 1. The minimum Gasteiger partial charge on any atom is -0.496 e. The summed E-state index contributed by atoms with van der Waals surface area (Å²) >= 11 is 3.41. The Labute approximate surface area is 139 Å². The molecule has 2 aromatic carbocycles. The van der Waals surface area contributed by atoms with Gasteiger partial charge in [0.15, 0.2) is 0 Å². The first-order valence-corrected chi connectivity index (χ1v) is 8.11. The van der Waals surface area contributed by atoms with E-state index in [1.54, 1.807) is 7.11 Å². The van der Waals surface area contributed by atoms with E-state index >= 15 is 0 Å². The van der Waals surface area contributed by atoms with Gasteiger partial charge in [-0.1, -0.05) is 46.3 Å². The van der Waals surface area contributed by atoms with Crippen LogP contribution in [0.1, 0.15) is 17.5 Å². The molecule has 1 N–H and O–H groups in total. The van der Waals surface area contributed by atoms with Crippen molar-refractivity contribution in [1.29, 1.82) is 0 Å². The highest BCUT2D eigenvalue weighted by Crippen LogP contribution is 2.18. The predicted octanol–water partition coefficient (Wildman–Crippen LogP) is 3.75. The van der Waals surface area contributed by atoms with Crippen LogP contribution < -0.4 is 10.1 Å². The van der Waals surface area contributed by atoms with Gasteiger partial charge in [-0.3, -0.25) is 4.79 Å². The van der Waals surface area contributed by atoms with Crippen molar-refractivity contribution in [3.8, 4) is 5.75 Å². The van der Waals surface area contributed by atoms with Crippen LogP contribution in [0.25, 0.3) is 0 Å². The number of carbonyl (C=O) groups excluding carboxylic acids is 1. The molecule has 0 radical (unpaired) electrons. The van der Waals surface area contributed by atoms with Gasteiger partial charge in [0.1, 0.15) is 5.75 Å². The highest BCUT2D eigenvalue weighted by atomic mass is 79.9. The molecule has 0 aromatic heterocycles. The summed E-state index contributed by atoms with van der Waals surface area (Å²) in [6, 6.07) is 15.8. The number of hydrogen-bond donors (Lipinski definition) is 1. The number of methoxy groups -OCH3 is 1. The summed E-state index contributed by atoms with van der Waals surface area (Å²) in [5, 5.41) is 2.96. The van der Waals surface area contributed by atoms with Crippen LogP contribution in [0.15, 0.2) is 53.0 Å². The first kappa shape index (κ1) is 16.6. The fraction of sp³-hybridized carbons (Fsp3) is 0.278. The Morgan fingerprint density at radius 3 is 2.77 bits per heavy atom. The monoisotopic (exact) mass is 361 g/mol. The van der Waals surface area contributed by atoms with Crippen LogP contribution in [0.4, 0.5) is 0 Å². The van der Waals surface area contributed by atoms with E-state index in [1.165, 1.54) is 5.56 Å². The molecule has 0 unspecified atom stereocenters. The summed E-state index contributed by atoms with van der Waals surface area (Å²) in [4.78, 5) is 11.9. The number of hydrogen-bond acceptors (Lipinski definition) is 2. The Hall–Kier alpha value is -1.81. The van der Waals surface area contributed by atoms with Gasteiger partial charge in [-0.25, -0.2) is 0 Å². The number of ether oxygens (including phenoxy) is 1. The Morgan fingerprint density at radius 2 is 2.00 bits per heavy atom. The second kappa shape index (κ2) is 8.59. The maximum atomic E-state index is 11.9. The molecule has 0 fully saturated rings. The molecule has 1 amide bonds. The average Bonchev–Trinajstić information content (AvgIpc) is 2.52. The quantitative estimate of drug-likeness (QED) is 0.762. The fourth-order valence-electron chi connectivity index (χ4n) is 2.31. The van der Waals surface area contributed by atoms with Crippen molar-refractivity contribution < 1.29 is 9.53 Å². The second-order valence-corrected chi connectivity index (χ2v) is 5.99. The second-order valence-electron chi connectivity index (χ2n) is 5.07. The van der Waals surface area contributed by atoms with E-state index < -0.39 is 0 Å². The standard InChI is InChI=1S/C18H20BrNO2/c1-22-17-10-3-2-7-15(17)8-5-11-20-18(21)13-14-6-4-9-16(19)12-14/h2-4,6-7,9-10,12H,5,8,11,13H2,1H3,(H,20,21). The third-order valence-corrected chi connectivity index (χ3v) is 3.88. The molecule has 2 aromatic rings. The average molecular weight is 362 g/mol. The summed E-state index contributed by atoms with van der Waals surface area (Å²) in [5.41, 5.74) is 2.18. The summed E-state index contributed by atoms with van der Waals surface area (Å²) in [6.07, 6.45) is 2.19. The number of rotatable bonds is 7. The maximum Gasteiger partial charge on any atom is 0.224 e. The minimum absolute atomic E-state index is 0.0538. The topological polar surface area (TPSA) is 38.3 Å². The first-order valence-electron chi connectivity index (χ1n) is 7.32. The lowest BCUT2D eigenvalue weighted by molar-refractivity contribution is -0.120. The SMILES string of the molecule is COc1ccccc1CCCNC(=O)Cc1cccc(Br)c1. The molecule has 0 spiro atoms. The molecule has 0 aliphatic rings. The molecule has 0 bridgehead atoms. The molecule has 116 valence electrons. The molecule has 0 aliphatic heterocycles. The Morgan fingerprint density at radius 1 is 1.18 bits per heavy atom. The van der Waals surface area contributed by atoms with Gasteiger partial charge in [-0.2, -0.15) is 0 Å². The summed E-state index contributed by atoms with van der Waals surface area (Å²) in [7, 11) is 1.68. The molecule has 0 atom stereocenters. The number of benzene rings is 2. The summed E-state index contributed by atoms with van der Waals surface area (Å²) in [6.45, 7) is 0.672. The van der Waals surface area contributed by atoms with Crippen LogP contribution in [0.2, 0.25) is 0 Å². The highest BCUT2D eigenvalue weighted by molar-refractivity contribution is 9.10. The molecular weight excluding hydrogens is 342 g/mol. The van der Waals surface area contributed by atoms with Crippen molar-refractivity contribution in [3.05, 3.63) is 64.1 Å². The molecule has 0 saturated carbocycles. The van der Waals surface area contributed by atoms with Crippen molar-refractivity contribution in [2.75, 3.05) is 13.7 Å². The maximum absolute atomic E-state index is 11.9. The van der Waals surface area contributed by atoms with Crippen LogP contribution in [0, 0.1) is 0 Å². The van der Waals surface area contributed by atoms with Crippen molar-refractivity contribution >= 4 is 21.8 Å². The summed E-state index contributed by atoms with van der Waals surface area (Å²) < 4.78 is 6.32. The zero-order chi connectivity index (χ0) is 15.8. The summed E-state index contributed by atoms with van der Waals surface area (Å²) in [5.74, 6) is 0.959. The van der Waals surface area contributed by atoms with Gasteiger partial charge < -0.3 is 10.1 Å². The highest BCUT2D eigenvalue weighted by Gasteiger charge is 2.04.